The van der Waals surface area contributed by atoms with Crippen molar-refractivity contribution in [3.63, 3.8) is 0 Å². The molecule has 1 atom stereocenters. The van der Waals surface area contributed by atoms with Crippen molar-refractivity contribution in [1.82, 2.24) is 9.97 Å². The Morgan fingerprint density at radius 1 is 0.471 bits per heavy atom. The highest BCUT2D eigenvalue weighted by molar-refractivity contribution is 5.63. The maximum atomic E-state index is 14.5. The summed E-state index contributed by atoms with van der Waals surface area (Å²) in [5, 5.41) is 0. The zero-order chi connectivity index (χ0) is 54.7. The molecule has 0 bridgehead atoms. The minimum Gasteiger partial charge on any atom is -0.490 e. The van der Waals surface area contributed by atoms with Gasteiger partial charge in [-0.3, -0.25) is 0 Å². The topological polar surface area (TPSA) is 71.9 Å². The Bertz CT molecular complexity index is 1980. The highest BCUT2D eigenvalue weighted by atomic mass is 19.4. The van der Waals surface area contributed by atoms with Crippen LogP contribution in [0.1, 0.15) is 51.0 Å². The van der Waals surface area contributed by atoms with Gasteiger partial charge in [-0.25, -0.2) is 28.6 Å². The summed E-state index contributed by atoms with van der Waals surface area (Å²) in [5.41, 5.74) is 0.786. The van der Waals surface area contributed by atoms with E-state index in [1.54, 1.807) is 0 Å². The van der Waals surface area contributed by atoms with Crippen LogP contribution in [-0.4, -0.2) is 114 Å². The van der Waals surface area contributed by atoms with Gasteiger partial charge >= 0.3 is 78.4 Å². The SMILES string of the molecule is CCCCCCCCc1cnc(-c2ccccc2OC[C@H](F)COCC(F)(F)C(F)(F)C(F)(F)C(F)(F)C(F)(F)OC(F)(F)C(F)(F)OC(F)(F)C(F)(F)OC(F)(F)C(F)(F)C(F)(F)C(F)(F)F)nc1. The molecule has 0 aliphatic rings. The van der Waals surface area contributed by atoms with Gasteiger partial charge in [0.05, 0.1) is 12.2 Å². The van der Waals surface area contributed by atoms with Crippen LogP contribution in [0.2, 0.25) is 0 Å². The van der Waals surface area contributed by atoms with Gasteiger partial charge in [-0.1, -0.05) is 51.2 Å². The van der Waals surface area contributed by atoms with Gasteiger partial charge in [0.25, 0.3) is 0 Å². The van der Waals surface area contributed by atoms with E-state index in [1.807, 2.05) is 6.92 Å². The summed E-state index contributed by atoms with van der Waals surface area (Å²) < 4.78 is 393. The average molecular weight is 1090 g/mol. The summed E-state index contributed by atoms with van der Waals surface area (Å²) in [5.74, 6) is -49.5. The largest absolute Gasteiger partial charge is 0.490 e. The van der Waals surface area contributed by atoms with E-state index in [-0.39, 0.29) is 17.1 Å². The third kappa shape index (κ3) is 13.0. The summed E-state index contributed by atoms with van der Waals surface area (Å²) >= 11 is 0. The highest BCUT2D eigenvalue weighted by Crippen LogP contribution is 2.60. The normalized spacial score (nSPS) is 15.4. The smallest absolute Gasteiger partial charge is 0.460 e. The van der Waals surface area contributed by atoms with E-state index in [0.717, 1.165) is 64.4 Å². The third-order valence-corrected chi connectivity index (χ3v) is 8.83. The van der Waals surface area contributed by atoms with Gasteiger partial charge < -0.3 is 9.47 Å². The Hall–Kier alpha value is -4.02. The molecule has 0 saturated heterocycles. The number of unbranched alkanes of at least 4 members (excludes halogenated alkanes) is 5. The molecule has 0 fully saturated rings. The predicted molar refractivity (Wildman–Crippen MR) is 174 cm³/mol. The molecule has 0 radical (unpaired) electrons. The first-order valence-corrected chi connectivity index (χ1v) is 18.7. The van der Waals surface area contributed by atoms with E-state index in [9.17, 15) is 123 Å². The quantitative estimate of drug-likeness (QED) is 0.0594. The lowest BCUT2D eigenvalue weighted by Gasteiger charge is -2.40. The van der Waals surface area contributed by atoms with Crippen LogP contribution in [0, 0.1) is 0 Å². The summed E-state index contributed by atoms with van der Waals surface area (Å²) in [6.07, 6.45) is -52.0. The van der Waals surface area contributed by atoms with Gasteiger partial charge in [0, 0.05) is 12.4 Å². The van der Waals surface area contributed by atoms with E-state index >= 15 is 0 Å². The first-order valence-electron chi connectivity index (χ1n) is 18.7. The molecular formula is C35H30F28N2O5. The van der Waals surface area contributed by atoms with Crippen LogP contribution in [0.5, 0.6) is 5.75 Å². The van der Waals surface area contributed by atoms with E-state index < -0.39 is 104 Å². The van der Waals surface area contributed by atoms with Crippen LogP contribution in [0.3, 0.4) is 0 Å². The molecule has 70 heavy (non-hydrogen) atoms. The zero-order valence-corrected chi connectivity index (χ0v) is 34.1. The second-order valence-electron chi connectivity index (χ2n) is 14.3. The average Bonchev–Trinajstić information content (AvgIpc) is 3.19. The Balaban J connectivity index is 2.18. The van der Waals surface area contributed by atoms with E-state index in [2.05, 4.69) is 14.7 Å². The van der Waals surface area contributed by atoms with Crippen molar-refractivity contribution in [2.24, 2.45) is 0 Å². The van der Waals surface area contributed by atoms with Crippen molar-refractivity contribution in [3.8, 4) is 17.1 Å². The minimum absolute atomic E-state index is 0.0178. The summed E-state index contributed by atoms with van der Waals surface area (Å²) in [6.45, 7) is -4.55. The first-order chi connectivity index (χ1) is 31.3. The van der Waals surface area contributed by atoms with Crippen molar-refractivity contribution in [3.05, 3.63) is 42.2 Å². The van der Waals surface area contributed by atoms with E-state index in [4.69, 9.17) is 4.74 Å². The Kier molecular flexibility index (Phi) is 18.8. The molecule has 0 spiro atoms. The molecule has 35 heteroatoms. The number of alkyl halides is 28. The van der Waals surface area contributed by atoms with Gasteiger partial charge in [-0.15, -0.1) is 0 Å². The number of para-hydroxylation sites is 1. The Morgan fingerprint density at radius 3 is 1.34 bits per heavy atom. The van der Waals surface area contributed by atoms with Gasteiger partial charge in [0.1, 0.15) is 19.0 Å². The van der Waals surface area contributed by atoms with Gasteiger partial charge in [-0.05, 0) is 30.5 Å². The Labute approximate surface area is 372 Å². The summed E-state index contributed by atoms with van der Waals surface area (Å²) in [7, 11) is 0. The maximum absolute atomic E-state index is 14.5. The van der Waals surface area contributed by atoms with Crippen LogP contribution >= 0.6 is 0 Å². The molecule has 0 amide bonds. The van der Waals surface area contributed by atoms with Crippen molar-refractivity contribution in [2.75, 3.05) is 19.8 Å². The number of ether oxygens (including phenoxy) is 5. The minimum atomic E-state index is -8.78. The molecule has 1 aromatic heterocycles. The van der Waals surface area contributed by atoms with Crippen LogP contribution < -0.4 is 4.74 Å². The first kappa shape index (κ1) is 62.1. The lowest BCUT2D eigenvalue weighted by atomic mass is 9.98. The van der Waals surface area contributed by atoms with Crippen molar-refractivity contribution in [2.45, 2.75) is 136 Å². The highest BCUT2D eigenvalue weighted by Gasteiger charge is 2.89. The predicted octanol–water partition coefficient (Wildman–Crippen LogP) is 13.8. The van der Waals surface area contributed by atoms with Crippen LogP contribution in [-0.2, 0) is 25.4 Å². The second kappa shape index (κ2) is 21.2. The number of aromatic nitrogens is 2. The fraction of sp³-hybridized carbons (Fsp3) is 0.714. The Morgan fingerprint density at radius 2 is 0.886 bits per heavy atom. The monoisotopic (exact) mass is 1090 g/mol. The number of aryl methyl sites for hydroxylation is 1. The number of nitrogens with zero attached hydrogens (tertiary/aromatic N) is 2. The van der Waals surface area contributed by atoms with Crippen molar-refractivity contribution < 1.29 is 147 Å². The molecule has 0 N–H and O–H groups in total. The number of benzene rings is 1. The zero-order valence-electron chi connectivity index (χ0n) is 34.1. The number of hydrogen-bond acceptors (Lipinski definition) is 7. The molecular weight excluding hydrogens is 1060 g/mol. The molecule has 7 nitrogen and oxygen atoms in total. The molecule has 2 aromatic rings. The molecule has 0 saturated carbocycles. The third-order valence-electron chi connectivity index (χ3n) is 8.83. The van der Waals surface area contributed by atoms with E-state index in [0.29, 0.717) is 6.42 Å². The van der Waals surface area contributed by atoms with Crippen LogP contribution in [0.4, 0.5) is 123 Å². The second-order valence-corrected chi connectivity index (χ2v) is 14.3. The number of hydrogen-bond donors (Lipinski definition) is 0. The van der Waals surface area contributed by atoms with Gasteiger partial charge in [0.2, 0.25) is 0 Å². The van der Waals surface area contributed by atoms with Crippen molar-refractivity contribution >= 4 is 0 Å². The van der Waals surface area contributed by atoms with Gasteiger partial charge in [-0.2, -0.15) is 119 Å². The standard InChI is InChI=1S/C35H30F28N2O5/c1-2-3-4-5-6-7-10-18-13-64-22(65-14-18)20-11-8-9-12-21(20)67-16-19(36)15-66-17-23(37,38)24(39,40)25(41,42)27(45,46)30(52,53)68-32(56,57)34(60,61)70-35(62,63)33(58,59)69-31(54,55)28(47,48)26(43,44)29(49,50)51/h8-9,11-14,19H,2-7,10,15-17H2,1H3/t19-/m1/s1. The molecule has 1 aromatic carbocycles. The molecule has 0 unspecified atom stereocenters. The molecule has 0 aliphatic heterocycles. The summed E-state index contributed by atoms with van der Waals surface area (Å²) in [4.78, 5) is 8.29. The molecule has 406 valence electrons. The lowest BCUT2D eigenvalue weighted by molar-refractivity contribution is -0.577. The van der Waals surface area contributed by atoms with E-state index in [1.165, 1.54) is 30.6 Å². The van der Waals surface area contributed by atoms with Crippen LogP contribution in [0.15, 0.2) is 36.7 Å². The van der Waals surface area contributed by atoms with Crippen LogP contribution in [0.25, 0.3) is 11.4 Å². The van der Waals surface area contributed by atoms with Gasteiger partial charge in [0.15, 0.2) is 12.0 Å². The number of halogens is 28. The summed E-state index contributed by atoms with van der Waals surface area (Å²) in [6, 6.07) is 5.20. The lowest BCUT2D eigenvalue weighted by Crippen LogP contribution is -2.70. The molecule has 0 aliphatic carbocycles. The maximum Gasteiger partial charge on any atom is 0.460 e. The van der Waals surface area contributed by atoms with Crippen molar-refractivity contribution in [1.29, 1.82) is 0 Å². The fourth-order valence-electron chi connectivity index (χ4n) is 4.96. The number of rotatable bonds is 29. The molecule has 1 heterocycles. The molecule has 2 rings (SSSR count). The fourth-order valence-corrected chi connectivity index (χ4v) is 4.96.